The first kappa shape index (κ1) is 16.5. The second-order valence-corrected chi connectivity index (χ2v) is 6.17. The van der Waals surface area contributed by atoms with Crippen molar-refractivity contribution in [2.24, 2.45) is 0 Å². The van der Waals surface area contributed by atoms with Gasteiger partial charge >= 0.3 is 0 Å². The van der Waals surface area contributed by atoms with E-state index in [4.69, 9.17) is 11.6 Å². The predicted octanol–water partition coefficient (Wildman–Crippen LogP) is 2.33. The number of amides is 1. The maximum absolute atomic E-state index is 10.8. The van der Waals surface area contributed by atoms with E-state index in [1.165, 1.54) is 0 Å². The van der Waals surface area contributed by atoms with E-state index < -0.39 is 0 Å². The Morgan fingerprint density at radius 3 is 2.67 bits per heavy atom. The summed E-state index contributed by atoms with van der Waals surface area (Å²) in [7, 11) is 0. The third kappa shape index (κ3) is 3.94. The minimum absolute atomic E-state index is 0.571. The molecule has 6 nitrogen and oxygen atoms in total. The number of hydrogen-bond acceptors (Lipinski definition) is 5. The smallest absolute Gasteiger partial charge is 0.225 e. The van der Waals surface area contributed by atoms with E-state index in [0.717, 1.165) is 54.7 Å². The number of aryl methyl sites for hydroxylation is 1. The van der Waals surface area contributed by atoms with Crippen LogP contribution in [0.1, 0.15) is 11.3 Å². The highest BCUT2D eigenvalue weighted by Gasteiger charge is 2.17. The monoisotopic (exact) mass is 345 g/mol. The number of benzene rings is 1. The standard InChI is InChI=1S/C17H20ClN5O/c1-13-10-16(23-8-6-22(12-24)7-9-23)21-17(20-13)19-11-14-4-2-3-5-15(14)18/h2-5,10,12H,6-9,11H2,1H3,(H,19,20,21). The molecule has 0 unspecified atom stereocenters. The van der Waals surface area contributed by atoms with Crippen molar-refractivity contribution in [2.75, 3.05) is 36.4 Å². The lowest BCUT2D eigenvalue weighted by atomic mass is 10.2. The minimum atomic E-state index is 0.571. The maximum atomic E-state index is 10.8. The Labute approximate surface area is 146 Å². The molecule has 0 radical (unpaired) electrons. The lowest BCUT2D eigenvalue weighted by molar-refractivity contribution is -0.118. The average Bonchev–Trinajstić information content (AvgIpc) is 2.61. The number of hydrogen-bond donors (Lipinski definition) is 1. The molecule has 1 aliphatic rings. The van der Waals surface area contributed by atoms with Crippen LogP contribution in [0.5, 0.6) is 0 Å². The number of carbonyl (C=O) groups excluding carboxylic acids is 1. The molecule has 0 atom stereocenters. The van der Waals surface area contributed by atoms with Crippen LogP contribution in [-0.2, 0) is 11.3 Å². The molecule has 2 heterocycles. The molecule has 1 aliphatic heterocycles. The van der Waals surface area contributed by atoms with Gasteiger partial charge < -0.3 is 15.1 Å². The molecule has 1 aromatic carbocycles. The number of rotatable bonds is 5. The molecule has 1 aromatic heterocycles. The molecule has 24 heavy (non-hydrogen) atoms. The fourth-order valence-corrected chi connectivity index (χ4v) is 2.87. The summed E-state index contributed by atoms with van der Waals surface area (Å²) in [5.74, 6) is 1.47. The van der Waals surface area contributed by atoms with Crippen LogP contribution in [0.4, 0.5) is 11.8 Å². The van der Waals surface area contributed by atoms with E-state index >= 15 is 0 Å². The van der Waals surface area contributed by atoms with Gasteiger partial charge in [0, 0.05) is 49.5 Å². The fourth-order valence-electron chi connectivity index (χ4n) is 2.67. The molecular weight excluding hydrogens is 326 g/mol. The summed E-state index contributed by atoms with van der Waals surface area (Å²) in [6.45, 7) is 5.51. The number of piperazine rings is 1. The van der Waals surface area contributed by atoms with Gasteiger partial charge in [-0.15, -0.1) is 0 Å². The van der Waals surface area contributed by atoms with Gasteiger partial charge in [0.1, 0.15) is 5.82 Å². The van der Waals surface area contributed by atoms with Crippen LogP contribution in [0.2, 0.25) is 5.02 Å². The van der Waals surface area contributed by atoms with Crippen LogP contribution in [0, 0.1) is 6.92 Å². The Morgan fingerprint density at radius 2 is 1.96 bits per heavy atom. The van der Waals surface area contributed by atoms with Crippen molar-refractivity contribution in [3.8, 4) is 0 Å². The summed E-state index contributed by atoms with van der Waals surface area (Å²) in [4.78, 5) is 23.8. The lowest BCUT2D eigenvalue weighted by Gasteiger charge is -2.33. The molecule has 126 valence electrons. The molecule has 0 spiro atoms. The molecule has 1 N–H and O–H groups in total. The number of nitrogens with zero attached hydrogens (tertiary/aromatic N) is 4. The number of anilines is 2. The van der Waals surface area contributed by atoms with Gasteiger partial charge in [-0.3, -0.25) is 4.79 Å². The number of aromatic nitrogens is 2. The Balaban J connectivity index is 1.70. The number of carbonyl (C=O) groups is 1. The Morgan fingerprint density at radius 1 is 1.21 bits per heavy atom. The SMILES string of the molecule is Cc1cc(N2CCN(C=O)CC2)nc(NCc2ccccc2Cl)n1. The van der Waals surface area contributed by atoms with Crippen molar-refractivity contribution < 1.29 is 4.79 Å². The molecule has 3 rings (SSSR count). The van der Waals surface area contributed by atoms with E-state index in [1.54, 1.807) is 4.90 Å². The summed E-state index contributed by atoms with van der Waals surface area (Å²) in [5, 5.41) is 3.97. The summed E-state index contributed by atoms with van der Waals surface area (Å²) in [6, 6.07) is 9.68. The van der Waals surface area contributed by atoms with Gasteiger partial charge in [0.15, 0.2) is 0 Å². The van der Waals surface area contributed by atoms with E-state index in [-0.39, 0.29) is 0 Å². The zero-order valence-electron chi connectivity index (χ0n) is 13.6. The number of nitrogens with one attached hydrogen (secondary N) is 1. The summed E-state index contributed by atoms with van der Waals surface area (Å²) in [6.07, 6.45) is 0.902. The highest BCUT2D eigenvalue weighted by Crippen LogP contribution is 2.19. The van der Waals surface area contributed by atoms with Crippen molar-refractivity contribution in [3.05, 3.63) is 46.6 Å². The molecule has 7 heteroatoms. The van der Waals surface area contributed by atoms with Gasteiger partial charge in [0.25, 0.3) is 0 Å². The highest BCUT2D eigenvalue weighted by molar-refractivity contribution is 6.31. The van der Waals surface area contributed by atoms with Crippen LogP contribution in [0.3, 0.4) is 0 Å². The average molecular weight is 346 g/mol. The van der Waals surface area contributed by atoms with Gasteiger partial charge in [0.2, 0.25) is 12.4 Å². The Bertz CT molecular complexity index is 716. The third-order valence-corrected chi connectivity index (χ3v) is 4.39. The topological polar surface area (TPSA) is 61.4 Å². The largest absolute Gasteiger partial charge is 0.353 e. The van der Waals surface area contributed by atoms with Crippen molar-refractivity contribution in [1.29, 1.82) is 0 Å². The minimum Gasteiger partial charge on any atom is -0.353 e. The molecule has 1 saturated heterocycles. The third-order valence-electron chi connectivity index (χ3n) is 4.02. The zero-order valence-corrected chi connectivity index (χ0v) is 14.3. The Kier molecular flexibility index (Phi) is 5.15. The second kappa shape index (κ2) is 7.49. The number of halogens is 1. The van der Waals surface area contributed by atoms with Crippen molar-refractivity contribution >= 4 is 29.8 Å². The maximum Gasteiger partial charge on any atom is 0.225 e. The van der Waals surface area contributed by atoms with Crippen LogP contribution in [-0.4, -0.2) is 47.5 Å². The second-order valence-electron chi connectivity index (χ2n) is 5.76. The van der Waals surface area contributed by atoms with E-state index in [2.05, 4.69) is 20.2 Å². The van der Waals surface area contributed by atoms with Crippen molar-refractivity contribution in [3.63, 3.8) is 0 Å². The lowest BCUT2D eigenvalue weighted by Crippen LogP contribution is -2.46. The Hall–Kier alpha value is -2.34. The van der Waals surface area contributed by atoms with E-state index in [0.29, 0.717) is 12.5 Å². The van der Waals surface area contributed by atoms with E-state index in [1.807, 2.05) is 37.3 Å². The van der Waals surface area contributed by atoms with Crippen molar-refractivity contribution in [2.45, 2.75) is 13.5 Å². The first-order valence-electron chi connectivity index (χ1n) is 7.93. The van der Waals surface area contributed by atoms with Gasteiger partial charge in [-0.25, -0.2) is 4.98 Å². The van der Waals surface area contributed by atoms with E-state index in [9.17, 15) is 4.79 Å². The molecular formula is C17H20ClN5O. The molecule has 2 aromatic rings. The van der Waals surface area contributed by atoms with Crippen LogP contribution >= 0.6 is 11.6 Å². The van der Waals surface area contributed by atoms with Gasteiger partial charge in [0.05, 0.1) is 0 Å². The van der Waals surface area contributed by atoms with Crippen LogP contribution in [0.15, 0.2) is 30.3 Å². The highest BCUT2D eigenvalue weighted by atomic mass is 35.5. The quantitative estimate of drug-likeness (QED) is 0.843. The zero-order chi connectivity index (χ0) is 16.9. The summed E-state index contributed by atoms with van der Waals surface area (Å²) < 4.78 is 0. The molecule has 0 saturated carbocycles. The van der Waals surface area contributed by atoms with Gasteiger partial charge in [-0.2, -0.15) is 4.98 Å². The molecule has 0 aliphatic carbocycles. The summed E-state index contributed by atoms with van der Waals surface area (Å²) >= 11 is 6.18. The fraction of sp³-hybridized carbons (Fsp3) is 0.353. The first-order valence-corrected chi connectivity index (χ1v) is 8.31. The van der Waals surface area contributed by atoms with Crippen LogP contribution in [0.25, 0.3) is 0 Å². The summed E-state index contributed by atoms with van der Waals surface area (Å²) in [5.41, 5.74) is 1.91. The molecule has 0 bridgehead atoms. The predicted molar refractivity (Wildman–Crippen MR) is 95.4 cm³/mol. The van der Waals surface area contributed by atoms with Crippen molar-refractivity contribution in [1.82, 2.24) is 14.9 Å². The van der Waals surface area contributed by atoms with Gasteiger partial charge in [-0.05, 0) is 18.6 Å². The van der Waals surface area contributed by atoms with Crippen LogP contribution < -0.4 is 10.2 Å². The molecule has 1 amide bonds. The first-order chi connectivity index (χ1) is 11.7. The van der Waals surface area contributed by atoms with Gasteiger partial charge in [-0.1, -0.05) is 29.8 Å². The molecule has 1 fully saturated rings. The normalized spacial score (nSPS) is 14.6.